The molecule has 1 aliphatic heterocycles. The normalized spacial score (nSPS) is 14.8. The largest absolute Gasteiger partial charge is 0.493 e. The van der Waals surface area contributed by atoms with E-state index in [9.17, 15) is 4.79 Å². The molecule has 2 amide bonds. The lowest BCUT2D eigenvalue weighted by Crippen LogP contribution is -2.46. The maximum atomic E-state index is 11.2. The molecule has 2 N–H and O–H groups in total. The minimum absolute atomic E-state index is 0.598. The van der Waals surface area contributed by atoms with Crippen LogP contribution in [0.1, 0.15) is 6.42 Å². The Labute approximate surface area is 166 Å². The number of nitrogens with two attached hydrogens (primary N) is 1. The molecule has 0 atom stereocenters. The number of anilines is 2. The van der Waals surface area contributed by atoms with Gasteiger partial charge in [-0.05, 0) is 30.7 Å². The van der Waals surface area contributed by atoms with Crippen LogP contribution in [-0.2, 0) is 0 Å². The minimum Gasteiger partial charge on any atom is -0.493 e. The van der Waals surface area contributed by atoms with Crippen LogP contribution in [0.4, 0.5) is 16.2 Å². The van der Waals surface area contributed by atoms with E-state index in [0.717, 1.165) is 43.4 Å². The second-order valence-corrected chi connectivity index (χ2v) is 6.91. The van der Waals surface area contributed by atoms with Gasteiger partial charge in [-0.25, -0.2) is 9.10 Å². The SMILES string of the molecule is NC(=O)N(S)c1cccc(OCCCN2CCN(c3ccccc3)CC2)c1. The Morgan fingerprint density at radius 1 is 1.07 bits per heavy atom. The van der Waals surface area contributed by atoms with Gasteiger partial charge >= 0.3 is 6.03 Å². The number of amides is 2. The van der Waals surface area contributed by atoms with Crippen molar-refractivity contribution in [3.05, 3.63) is 54.6 Å². The van der Waals surface area contributed by atoms with Crippen LogP contribution in [-0.4, -0.2) is 50.3 Å². The van der Waals surface area contributed by atoms with E-state index in [1.807, 2.05) is 12.1 Å². The summed E-state index contributed by atoms with van der Waals surface area (Å²) in [4.78, 5) is 16.1. The molecule has 3 rings (SSSR count). The topological polar surface area (TPSA) is 62.0 Å². The number of ether oxygens (including phenoxy) is 1. The van der Waals surface area contributed by atoms with E-state index in [4.69, 9.17) is 10.5 Å². The van der Waals surface area contributed by atoms with Gasteiger partial charge in [-0.1, -0.05) is 37.1 Å². The zero-order valence-corrected chi connectivity index (χ0v) is 16.2. The summed E-state index contributed by atoms with van der Waals surface area (Å²) in [6.07, 6.45) is 0.954. The molecule has 144 valence electrons. The fraction of sp³-hybridized carbons (Fsp3) is 0.350. The molecule has 1 heterocycles. The lowest BCUT2D eigenvalue weighted by Gasteiger charge is -2.36. The van der Waals surface area contributed by atoms with Crippen molar-refractivity contribution in [3.8, 4) is 5.75 Å². The van der Waals surface area contributed by atoms with Crippen LogP contribution in [0.3, 0.4) is 0 Å². The molecule has 1 fully saturated rings. The smallest absolute Gasteiger partial charge is 0.329 e. The Balaban J connectivity index is 1.38. The van der Waals surface area contributed by atoms with Crippen molar-refractivity contribution < 1.29 is 9.53 Å². The van der Waals surface area contributed by atoms with Gasteiger partial charge in [0.2, 0.25) is 0 Å². The zero-order valence-electron chi connectivity index (χ0n) is 15.3. The van der Waals surface area contributed by atoms with E-state index in [1.54, 1.807) is 12.1 Å². The van der Waals surface area contributed by atoms with E-state index in [1.165, 1.54) is 5.69 Å². The first-order chi connectivity index (χ1) is 13.1. The van der Waals surface area contributed by atoms with Gasteiger partial charge in [0.05, 0.1) is 12.3 Å². The van der Waals surface area contributed by atoms with Gasteiger partial charge in [0.25, 0.3) is 0 Å². The molecule has 6 nitrogen and oxygen atoms in total. The number of benzene rings is 2. The summed E-state index contributed by atoms with van der Waals surface area (Å²) >= 11 is 4.07. The predicted molar refractivity (Wildman–Crippen MR) is 113 cm³/mol. The molecular weight excluding hydrogens is 360 g/mol. The van der Waals surface area contributed by atoms with Gasteiger partial charge in [0, 0.05) is 44.5 Å². The van der Waals surface area contributed by atoms with Crippen LogP contribution >= 0.6 is 12.8 Å². The van der Waals surface area contributed by atoms with Gasteiger partial charge in [-0.15, -0.1) is 0 Å². The number of primary amides is 1. The highest BCUT2D eigenvalue weighted by atomic mass is 32.1. The fourth-order valence-electron chi connectivity index (χ4n) is 3.18. The van der Waals surface area contributed by atoms with E-state index in [0.29, 0.717) is 18.0 Å². The summed E-state index contributed by atoms with van der Waals surface area (Å²) < 4.78 is 6.90. The van der Waals surface area contributed by atoms with Gasteiger partial charge in [-0.3, -0.25) is 4.90 Å². The van der Waals surface area contributed by atoms with E-state index in [2.05, 4.69) is 52.9 Å². The first-order valence-corrected chi connectivity index (χ1v) is 9.57. The Morgan fingerprint density at radius 3 is 2.52 bits per heavy atom. The third-order valence-corrected chi connectivity index (χ3v) is 5.08. The standard InChI is InChI=1S/C20H26N4O2S/c21-20(25)24(27)18-8-4-9-19(16-18)26-15-5-10-22-11-13-23(14-12-22)17-6-2-1-3-7-17/h1-4,6-9,16,27H,5,10-15H2,(H2,21,25). The highest BCUT2D eigenvalue weighted by Crippen LogP contribution is 2.22. The summed E-state index contributed by atoms with van der Waals surface area (Å²) in [5.74, 6) is 0.710. The average molecular weight is 387 g/mol. The van der Waals surface area contributed by atoms with Gasteiger partial charge in [0.15, 0.2) is 0 Å². The lowest BCUT2D eigenvalue weighted by atomic mass is 10.2. The van der Waals surface area contributed by atoms with Crippen LogP contribution in [0.25, 0.3) is 0 Å². The maximum absolute atomic E-state index is 11.2. The molecule has 27 heavy (non-hydrogen) atoms. The van der Waals surface area contributed by atoms with Crippen LogP contribution < -0.4 is 19.7 Å². The molecule has 7 heteroatoms. The highest BCUT2D eigenvalue weighted by Gasteiger charge is 2.16. The summed E-state index contributed by atoms with van der Waals surface area (Å²) in [6.45, 7) is 5.89. The van der Waals surface area contributed by atoms with Crippen LogP contribution in [0.5, 0.6) is 5.75 Å². The van der Waals surface area contributed by atoms with E-state index >= 15 is 0 Å². The number of carbonyl (C=O) groups is 1. The van der Waals surface area contributed by atoms with E-state index < -0.39 is 6.03 Å². The molecule has 0 radical (unpaired) electrons. The molecule has 1 aliphatic rings. The molecule has 0 aliphatic carbocycles. The van der Waals surface area contributed by atoms with Gasteiger partial charge in [-0.2, -0.15) is 0 Å². The Bertz CT molecular complexity index is 736. The number of rotatable bonds is 7. The first-order valence-electron chi connectivity index (χ1n) is 9.17. The van der Waals surface area contributed by atoms with Crippen molar-refractivity contribution in [2.45, 2.75) is 6.42 Å². The number of hydrogen-bond donors (Lipinski definition) is 2. The second kappa shape index (κ2) is 9.53. The summed E-state index contributed by atoms with van der Waals surface area (Å²) in [7, 11) is 0. The maximum Gasteiger partial charge on any atom is 0.329 e. The molecule has 0 aromatic heterocycles. The monoisotopic (exact) mass is 386 g/mol. The number of carbonyl (C=O) groups excluding carboxylic acids is 1. The van der Waals surface area contributed by atoms with Crippen molar-refractivity contribution >= 4 is 30.2 Å². The molecule has 2 aromatic carbocycles. The average Bonchev–Trinajstić information content (AvgIpc) is 2.72. The van der Waals surface area contributed by atoms with Crippen molar-refractivity contribution in [3.63, 3.8) is 0 Å². The van der Waals surface area contributed by atoms with Gasteiger partial charge in [0.1, 0.15) is 5.75 Å². The van der Waals surface area contributed by atoms with Crippen molar-refractivity contribution in [2.75, 3.05) is 48.5 Å². The van der Waals surface area contributed by atoms with Crippen LogP contribution in [0, 0.1) is 0 Å². The third-order valence-electron chi connectivity index (χ3n) is 4.65. The van der Waals surface area contributed by atoms with E-state index in [-0.39, 0.29) is 0 Å². The quantitative estimate of drug-likeness (QED) is 0.567. The summed E-state index contributed by atoms with van der Waals surface area (Å²) in [6, 6.07) is 17.2. The Kier molecular flexibility index (Phi) is 6.84. The van der Waals surface area contributed by atoms with Crippen LogP contribution in [0.2, 0.25) is 0 Å². The number of nitrogens with zero attached hydrogens (tertiary/aromatic N) is 3. The Hall–Kier alpha value is -2.38. The number of hydrogen-bond acceptors (Lipinski definition) is 5. The highest BCUT2D eigenvalue weighted by molar-refractivity contribution is 7.82. The number of thiol groups is 1. The molecule has 0 bridgehead atoms. The molecular formula is C20H26N4O2S. The zero-order chi connectivity index (χ0) is 19.1. The lowest BCUT2D eigenvalue weighted by molar-refractivity contribution is 0.225. The molecule has 0 spiro atoms. The summed E-state index contributed by atoms with van der Waals surface area (Å²) in [5, 5.41) is 0. The second-order valence-electron chi connectivity index (χ2n) is 6.51. The third kappa shape index (κ3) is 5.55. The first kappa shape index (κ1) is 19.4. The molecule has 1 saturated heterocycles. The number of para-hydroxylation sites is 1. The summed E-state index contributed by atoms with van der Waals surface area (Å²) in [5.41, 5.74) is 7.13. The Morgan fingerprint density at radius 2 is 1.81 bits per heavy atom. The predicted octanol–water partition coefficient (Wildman–Crippen LogP) is 3.01. The van der Waals surface area contributed by atoms with Crippen molar-refractivity contribution in [1.82, 2.24) is 4.90 Å². The van der Waals surface area contributed by atoms with Crippen molar-refractivity contribution in [2.24, 2.45) is 5.73 Å². The van der Waals surface area contributed by atoms with Crippen molar-refractivity contribution in [1.29, 1.82) is 0 Å². The minimum atomic E-state index is -0.620. The molecule has 0 unspecified atom stereocenters. The van der Waals surface area contributed by atoms with Gasteiger partial charge < -0.3 is 15.4 Å². The number of urea groups is 1. The fourth-order valence-corrected chi connectivity index (χ4v) is 3.30. The number of piperazine rings is 1. The van der Waals surface area contributed by atoms with Crippen LogP contribution in [0.15, 0.2) is 54.6 Å². The molecule has 2 aromatic rings. The molecule has 0 saturated carbocycles.